The van der Waals surface area contributed by atoms with E-state index < -0.39 is 94.2 Å². The number of carboxylic acid groups (broad SMARTS) is 1. The minimum absolute atomic E-state index is 0.0282. The number of anilines is 1. The zero-order chi connectivity index (χ0) is 43.3. The Kier molecular flexibility index (Phi) is 11.3. The van der Waals surface area contributed by atoms with Crippen molar-refractivity contribution in [3.8, 4) is 23.0 Å². The molecule has 2 aliphatic heterocycles. The number of phenols is 4. The number of carbonyl (C=O) groups excluding carboxylic acids is 2. The summed E-state index contributed by atoms with van der Waals surface area (Å²) in [6.45, 7) is 1.67. The van der Waals surface area contributed by atoms with Gasteiger partial charge in [-0.25, -0.2) is 31.6 Å². The number of aliphatic carboxylic acids is 1. The lowest BCUT2D eigenvalue weighted by Crippen LogP contribution is -2.71. The van der Waals surface area contributed by atoms with E-state index in [9.17, 15) is 56.8 Å². The number of carbonyl (C=O) groups is 3. The number of aromatic nitrogens is 5. The number of nitrogen functional groups attached to an aromatic ring is 1. The van der Waals surface area contributed by atoms with Gasteiger partial charge in [0.05, 0.1) is 9.79 Å². The van der Waals surface area contributed by atoms with E-state index in [0.29, 0.717) is 16.3 Å². The molecule has 3 aromatic heterocycles. The van der Waals surface area contributed by atoms with E-state index in [1.165, 1.54) is 21.7 Å². The minimum Gasteiger partial charge on any atom is -0.504 e. The fourth-order valence-electron chi connectivity index (χ4n) is 5.80. The van der Waals surface area contributed by atoms with Crippen molar-refractivity contribution < 1.29 is 61.6 Å². The maximum Gasteiger partial charge on any atom is 0.352 e. The fraction of sp³-hybridized carbons (Fsp3) is 0.212. The maximum absolute atomic E-state index is 13.5. The summed E-state index contributed by atoms with van der Waals surface area (Å²) in [6.07, 6.45) is 0. The van der Waals surface area contributed by atoms with E-state index in [1.54, 1.807) is 13.0 Å². The van der Waals surface area contributed by atoms with Gasteiger partial charge in [-0.15, -0.1) is 40.0 Å². The molecule has 5 heterocycles. The Morgan fingerprint density at radius 2 is 1.65 bits per heavy atom. The van der Waals surface area contributed by atoms with Gasteiger partial charge >= 0.3 is 5.97 Å². The third-order valence-electron chi connectivity index (χ3n) is 8.66. The first-order valence-electron chi connectivity index (χ1n) is 16.8. The Balaban J connectivity index is 1.06. The number of thioether (sulfide) groups is 2. The summed E-state index contributed by atoms with van der Waals surface area (Å²) in [4.78, 5) is 57.6. The van der Waals surface area contributed by atoms with Crippen molar-refractivity contribution in [1.29, 1.82) is 0 Å². The van der Waals surface area contributed by atoms with E-state index in [1.807, 2.05) is 0 Å². The smallest absolute Gasteiger partial charge is 0.352 e. The molecule has 2 atom stereocenters. The average molecular weight is 920 g/mol. The Morgan fingerprint density at radius 1 is 0.983 bits per heavy atom. The quantitative estimate of drug-likeness (QED) is 0.0204. The number of nitrogens with one attached hydrogen (secondary N) is 1. The monoisotopic (exact) mass is 919 g/mol. The molecule has 60 heavy (non-hydrogen) atoms. The zero-order valence-corrected chi connectivity index (χ0v) is 34.4. The molecule has 22 nitrogen and oxygen atoms in total. The predicted molar refractivity (Wildman–Crippen MR) is 213 cm³/mol. The molecule has 0 saturated carbocycles. The average Bonchev–Trinajstić information content (AvgIpc) is 3.80. The summed E-state index contributed by atoms with van der Waals surface area (Å²) in [5, 5.41) is 60.3. The van der Waals surface area contributed by atoms with Crippen LogP contribution < -0.4 is 11.1 Å². The number of β-lactam (4-membered cyclic amide) rings is 1. The molecule has 5 aromatic rings. The van der Waals surface area contributed by atoms with Crippen molar-refractivity contribution in [2.45, 2.75) is 38.9 Å². The highest BCUT2D eigenvalue weighted by Crippen LogP contribution is 2.42. The number of rotatable bonds is 14. The first-order chi connectivity index (χ1) is 28.3. The summed E-state index contributed by atoms with van der Waals surface area (Å²) in [6, 6.07) is 6.23. The van der Waals surface area contributed by atoms with Crippen molar-refractivity contribution in [2.75, 3.05) is 23.2 Å². The van der Waals surface area contributed by atoms with E-state index in [2.05, 4.69) is 30.5 Å². The number of hydrogen-bond acceptors (Lipinski definition) is 21. The lowest BCUT2D eigenvalue weighted by molar-refractivity contribution is -0.150. The maximum atomic E-state index is 13.5. The lowest BCUT2D eigenvalue weighted by atomic mass is 10.0. The van der Waals surface area contributed by atoms with Crippen molar-refractivity contribution in [3.63, 3.8) is 0 Å². The SMILES string of the molecule is Cc1cc(SCC2=C(C(=O)O)N3C(=O)[C@@H](NC(=O)C(=NOCS(=O)(=O)c4ccc(O)c(O)c4)c4csc(N)n4)[C@H]3SC2)n2nc(CS(=O)(=O)c3ccc(O)c(O)c3)nc2n1. The van der Waals surface area contributed by atoms with Crippen LogP contribution in [0.15, 0.2) is 79.1 Å². The van der Waals surface area contributed by atoms with Crippen molar-refractivity contribution in [1.82, 2.24) is 34.8 Å². The number of fused-ring (bicyclic) bond motifs is 2. The van der Waals surface area contributed by atoms with Gasteiger partial charge in [-0.05, 0) is 42.8 Å². The van der Waals surface area contributed by atoms with Gasteiger partial charge in [0.2, 0.25) is 15.8 Å². The number of amides is 2. The number of phenolic OH excluding ortho intramolecular Hbond substituents is 4. The Hall–Kier alpha value is -6.16. The van der Waals surface area contributed by atoms with Crippen LogP contribution in [0, 0.1) is 6.92 Å². The second-order valence-corrected chi connectivity index (χ2v) is 19.7. The summed E-state index contributed by atoms with van der Waals surface area (Å²) >= 11 is 3.23. The van der Waals surface area contributed by atoms with Gasteiger partial charge in [-0.2, -0.15) is 9.50 Å². The van der Waals surface area contributed by atoms with Crippen LogP contribution in [0.1, 0.15) is 17.2 Å². The molecule has 27 heteroatoms. The van der Waals surface area contributed by atoms with Crippen LogP contribution in [0.2, 0.25) is 0 Å². The second kappa shape index (κ2) is 16.1. The summed E-state index contributed by atoms with van der Waals surface area (Å²) in [5.74, 6) is -7.24. The van der Waals surface area contributed by atoms with Gasteiger partial charge in [0.25, 0.3) is 17.6 Å². The molecule has 0 aliphatic carbocycles. The highest BCUT2D eigenvalue weighted by molar-refractivity contribution is 8.01. The van der Waals surface area contributed by atoms with Gasteiger partial charge in [-0.1, -0.05) is 5.16 Å². The molecule has 8 N–H and O–H groups in total. The molecule has 2 aromatic carbocycles. The third kappa shape index (κ3) is 8.33. The summed E-state index contributed by atoms with van der Waals surface area (Å²) in [5.41, 5.74) is 5.61. The molecule has 1 fully saturated rings. The van der Waals surface area contributed by atoms with Gasteiger partial charge in [-0.3, -0.25) is 14.5 Å². The number of carboxylic acids is 1. The molecule has 1 saturated heterocycles. The molecule has 2 amide bonds. The summed E-state index contributed by atoms with van der Waals surface area (Å²) < 4.78 is 52.9. The number of oxime groups is 1. The topological polar surface area (TPSA) is 339 Å². The normalized spacial score (nSPS) is 17.1. The number of hydrogen-bond donors (Lipinski definition) is 7. The van der Waals surface area contributed by atoms with Gasteiger partial charge in [0.1, 0.15) is 33.6 Å². The highest BCUT2D eigenvalue weighted by Gasteiger charge is 2.54. The van der Waals surface area contributed by atoms with Crippen molar-refractivity contribution in [2.24, 2.45) is 5.16 Å². The van der Waals surface area contributed by atoms with Crippen molar-refractivity contribution >= 4 is 88.9 Å². The molecular weight excluding hydrogens is 891 g/mol. The number of nitrogens with zero attached hydrogens (tertiary/aromatic N) is 7. The van der Waals surface area contributed by atoms with Gasteiger partial charge in [0, 0.05) is 34.7 Å². The third-order valence-corrected chi connectivity index (χ3v) is 14.7. The molecule has 0 unspecified atom stereocenters. The Bertz CT molecular complexity index is 2900. The Morgan fingerprint density at radius 3 is 2.27 bits per heavy atom. The number of thiazole rings is 1. The van der Waals surface area contributed by atoms with E-state index >= 15 is 0 Å². The zero-order valence-electron chi connectivity index (χ0n) is 30.4. The Labute approximate surface area is 350 Å². The van der Waals surface area contributed by atoms with E-state index in [4.69, 9.17) is 10.6 Å². The largest absolute Gasteiger partial charge is 0.504 e. The van der Waals surface area contributed by atoms with Crippen LogP contribution in [0.3, 0.4) is 0 Å². The van der Waals surface area contributed by atoms with E-state index in [-0.39, 0.29) is 44.5 Å². The lowest BCUT2D eigenvalue weighted by Gasteiger charge is -2.49. The first-order valence-corrected chi connectivity index (χ1v) is 23.0. The van der Waals surface area contributed by atoms with Crippen LogP contribution in [-0.4, -0.2) is 124 Å². The van der Waals surface area contributed by atoms with Gasteiger partial charge < -0.3 is 41.4 Å². The molecule has 2 aliphatic rings. The number of aryl methyl sites for hydroxylation is 1. The minimum atomic E-state index is -4.26. The first kappa shape index (κ1) is 42.0. The van der Waals surface area contributed by atoms with Crippen LogP contribution in [0.4, 0.5) is 5.13 Å². The highest BCUT2D eigenvalue weighted by atomic mass is 32.2. The van der Waals surface area contributed by atoms with Gasteiger partial charge in [0.15, 0.2) is 49.5 Å². The number of aromatic hydroxyl groups is 4. The molecule has 0 bridgehead atoms. The predicted octanol–water partition coefficient (Wildman–Crippen LogP) is 0.951. The number of sulfone groups is 2. The molecule has 0 spiro atoms. The van der Waals surface area contributed by atoms with E-state index in [0.717, 1.165) is 64.4 Å². The number of nitrogens with two attached hydrogens (primary N) is 1. The van der Waals surface area contributed by atoms with Crippen LogP contribution >= 0.6 is 34.9 Å². The van der Waals surface area contributed by atoms with Crippen LogP contribution in [0.5, 0.6) is 23.0 Å². The number of benzene rings is 2. The molecule has 314 valence electrons. The van der Waals surface area contributed by atoms with Crippen molar-refractivity contribution in [3.05, 3.63) is 76.3 Å². The molecule has 0 radical (unpaired) electrons. The van der Waals surface area contributed by atoms with Crippen LogP contribution in [0.25, 0.3) is 5.78 Å². The van der Waals surface area contributed by atoms with Crippen LogP contribution in [-0.2, 0) is 44.6 Å². The second-order valence-electron chi connectivity index (χ2n) is 12.8. The standard InChI is InChI=1S/C33H29N9O13S5/c1-14-6-24(42-33(35-14)37-23(39-42)12-59(51,52)16-2-4-19(43)21(45)7-16)56-9-15-10-57-30-26(29(48)41(30)27(15)31(49)50)38-28(47)25(18-11-58-32(34)36-18)40-55-13-60(53,54)17-3-5-20(44)22(46)8-17/h2-8,11,26,30,43-46H,9-10,12-13H2,1H3,(H2,34,36)(H,38,47)(H,49,50)/t26-,30-/m1/s1. The summed E-state index contributed by atoms with van der Waals surface area (Å²) in [7, 11) is -8.33. The fourth-order valence-corrected chi connectivity index (χ4v) is 11.0. The molecule has 7 rings (SSSR count). The molecular formula is C33H29N9O13S5.